The summed E-state index contributed by atoms with van der Waals surface area (Å²) in [6.07, 6.45) is 1.65. The Morgan fingerprint density at radius 2 is 2.31 bits per heavy atom. The molecule has 0 unspecified atom stereocenters. The van der Waals surface area contributed by atoms with E-state index in [1.54, 1.807) is 19.1 Å². The van der Waals surface area contributed by atoms with Crippen LogP contribution in [0.3, 0.4) is 0 Å². The maximum Gasteiger partial charge on any atom is 0.0998 e. The number of hydrogen-bond donors (Lipinski definition) is 0. The second-order valence-corrected chi connectivity index (χ2v) is 3.23. The predicted octanol–water partition coefficient (Wildman–Crippen LogP) is 3.89. The number of rotatable bonds is 3. The first-order chi connectivity index (χ1) is 6.20. The van der Waals surface area contributed by atoms with Crippen molar-refractivity contribution in [2.24, 2.45) is 0 Å². The van der Waals surface area contributed by atoms with E-state index in [2.05, 4.69) is 6.58 Å². The van der Waals surface area contributed by atoms with Gasteiger partial charge < -0.3 is 0 Å². The quantitative estimate of drug-likeness (QED) is 0.690. The molecule has 1 aromatic carbocycles. The van der Waals surface area contributed by atoms with Crippen LogP contribution in [0.2, 0.25) is 5.02 Å². The van der Waals surface area contributed by atoms with Crippen molar-refractivity contribution >= 4 is 17.7 Å². The van der Waals surface area contributed by atoms with Crippen molar-refractivity contribution in [2.75, 3.05) is 6.67 Å². The Kier molecular flexibility index (Phi) is 3.49. The fourth-order valence-electron chi connectivity index (χ4n) is 1.19. The van der Waals surface area contributed by atoms with Crippen molar-refractivity contribution in [1.29, 1.82) is 0 Å². The van der Waals surface area contributed by atoms with E-state index in [-0.39, 0.29) is 0 Å². The summed E-state index contributed by atoms with van der Waals surface area (Å²) in [6.45, 7) is 4.94. The van der Waals surface area contributed by atoms with Crippen LogP contribution < -0.4 is 0 Å². The molecule has 0 saturated carbocycles. The van der Waals surface area contributed by atoms with Gasteiger partial charge in [0.15, 0.2) is 0 Å². The topological polar surface area (TPSA) is 0 Å². The molecule has 0 amide bonds. The lowest BCUT2D eigenvalue weighted by atomic mass is 9.97. The fraction of sp³-hybridized carbons (Fsp3) is 0.182. The second-order valence-electron chi connectivity index (χ2n) is 2.82. The van der Waals surface area contributed by atoms with Crippen LogP contribution >= 0.6 is 11.6 Å². The van der Waals surface area contributed by atoms with Gasteiger partial charge in [0, 0.05) is 10.9 Å². The number of benzene rings is 1. The molecule has 0 aliphatic rings. The number of halogens is 2. The summed E-state index contributed by atoms with van der Waals surface area (Å²) in [6, 6.07) is 5.43. The zero-order chi connectivity index (χ0) is 9.84. The summed E-state index contributed by atoms with van der Waals surface area (Å²) in [7, 11) is 0. The Hall–Kier alpha value is -0.820. The van der Waals surface area contributed by atoms with Crippen LogP contribution in [0.25, 0.3) is 6.08 Å². The van der Waals surface area contributed by atoms with Crippen molar-refractivity contribution in [3.63, 3.8) is 0 Å². The van der Waals surface area contributed by atoms with E-state index in [0.29, 0.717) is 10.9 Å². The molecule has 0 aromatic heterocycles. The van der Waals surface area contributed by atoms with Gasteiger partial charge in [0.25, 0.3) is 0 Å². The molecule has 0 bridgehead atoms. The summed E-state index contributed by atoms with van der Waals surface area (Å²) in [5, 5.41) is 0.611. The van der Waals surface area contributed by atoms with Crippen molar-refractivity contribution in [2.45, 2.75) is 6.92 Å². The lowest BCUT2D eigenvalue weighted by molar-refractivity contribution is 0.516. The Balaban J connectivity index is 3.19. The highest BCUT2D eigenvalue weighted by molar-refractivity contribution is 6.32. The van der Waals surface area contributed by atoms with Gasteiger partial charge >= 0.3 is 0 Å². The van der Waals surface area contributed by atoms with Gasteiger partial charge in [0.05, 0.1) is 6.67 Å². The molecule has 1 rings (SSSR count). The average Bonchev–Trinajstić information content (AvgIpc) is 2.16. The first-order valence-corrected chi connectivity index (χ1v) is 4.38. The maximum atomic E-state index is 12.4. The van der Waals surface area contributed by atoms with Crippen molar-refractivity contribution in [3.8, 4) is 0 Å². The largest absolute Gasteiger partial charge is 0.250 e. The highest BCUT2D eigenvalue weighted by Gasteiger charge is 2.10. The molecule has 0 atom stereocenters. The van der Waals surface area contributed by atoms with E-state index >= 15 is 0 Å². The predicted molar refractivity (Wildman–Crippen MR) is 55.5 cm³/mol. The van der Waals surface area contributed by atoms with Gasteiger partial charge in [0.2, 0.25) is 0 Å². The minimum absolute atomic E-state index is 0.457. The van der Waals surface area contributed by atoms with E-state index in [1.165, 1.54) is 0 Å². The number of alkyl halides is 1. The Morgan fingerprint density at radius 3 is 2.85 bits per heavy atom. The molecule has 2 heteroatoms. The van der Waals surface area contributed by atoms with E-state index in [0.717, 1.165) is 11.1 Å². The Labute approximate surface area is 83.0 Å². The maximum absolute atomic E-state index is 12.4. The molecule has 1 radical (unpaired) electrons. The SMILES string of the molecule is C=Cc1c(Cl)cccc1[C](C)CF. The van der Waals surface area contributed by atoms with Crippen LogP contribution in [0.4, 0.5) is 4.39 Å². The minimum atomic E-state index is -0.457. The molecule has 0 saturated heterocycles. The van der Waals surface area contributed by atoms with Crippen LogP contribution in [0.15, 0.2) is 24.8 Å². The summed E-state index contributed by atoms with van der Waals surface area (Å²) < 4.78 is 12.4. The zero-order valence-electron chi connectivity index (χ0n) is 7.48. The third-order valence-electron chi connectivity index (χ3n) is 1.92. The first-order valence-electron chi connectivity index (χ1n) is 4.00. The molecule has 0 fully saturated rings. The van der Waals surface area contributed by atoms with E-state index in [4.69, 9.17) is 11.6 Å². The average molecular weight is 198 g/mol. The smallest absolute Gasteiger partial charge is 0.0998 e. The lowest BCUT2D eigenvalue weighted by Gasteiger charge is -2.11. The minimum Gasteiger partial charge on any atom is -0.250 e. The van der Waals surface area contributed by atoms with Gasteiger partial charge in [-0.1, -0.05) is 43.3 Å². The molecule has 0 spiro atoms. The second kappa shape index (κ2) is 4.43. The Morgan fingerprint density at radius 1 is 1.62 bits per heavy atom. The van der Waals surface area contributed by atoms with Gasteiger partial charge in [-0.3, -0.25) is 4.39 Å². The van der Waals surface area contributed by atoms with Crippen LogP contribution in [0, 0.1) is 5.92 Å². The van der Waals surface area contributed by atoms with Crippen LogP contribution in [-0.4, -0.2) is 6.67 Å². The molecule has 0 heterocycles. The normalized spacial score (nSPS) is 10.5. The summed E-state index contributed by atoms with van der Waals surface area (Å²) in [5.41, 5.74) is 1.64. The summed E-state index contributed by atoms with van der Waals surface area (Å²) >= 11 is 5.92. The molecule has 0 aliphatic carbocycles. The summed E-state index contributed by atoms with van der Waals surface area (Å²) in [4.78, 5) is 0. The molecule has 1 aromatic rings. The molecular formula is C11H11ClF. The van der Waals surface area contributed by atoms with Crippen LogP contribution in [0.5, 0.6) is 0 Å². The third kappa shape index (κ3) is 2.10. The lowest BCUT2D eigenvalue weighted by Crippen LogP contribution is -1.99. The monoisotopic (exact) mass is 197 g/mol. The molecule has 0 N–H and O–H groups in total. The zero-order valence-corrected chi connectivity index (χ0v) is 8.24. The van der Waals surface area contributed by atoms with E-state index < -0.39 is 6.67 Å². The molecular weight excluding hydrogens is 187 g/mol. The molecule has 13 heavy (non-hydrogen) atoms. The Bertz CT molecular complexity index is 307. The molecule has 0 aliphatic heterocycles. The van der Waals surface area contributed by atoms with Gasteiger partial charge in [-0.15, -0.1) is 0 Å². The van der Waals surface area contributed by atoms with Crippen molar-refractivity contribution < 1.29 is 4.39 Å². The molecule has 0 nitrogen and oxygen atoms in total. The standard InChI is InChI=1S/C11H11ClF/c1-3-9-10(8(2)7-13)5-4-6-11(9)12/h3-6H,1,7H2,2H3. The van der Waals surface area contributed by atoms with Crippen LogP contribution in [0.1, 0.15) is 18.1 Å². The van der Waals surface area contributed by atoms with Gasteiger partial charge in [-0.05, 0) is 17.2 Å². The van der Waals surface area contributed by atoms with Crippen molar-refractivity contribution in [3.05, 3.63) is 46.8 Å². The number of hydrogen-bond acceptors (Lipinski definition) is 0. The van der Waals surface area contributed by atoms with Gasteiger partial charge in [0.1, 0.15) is 0 Å². The van der Waals surface area contributed by atoms with E-state index in [1.807, 2.05) is 12.1 Å². The first kappa shape index (κ1) is 10.3. The fourth-order valence-corrected chi connectivity index (χ4v) is 1.44. The van der Waals surface area contributed by atoms with Crippen molar-refractivity contribution in [1.82, 2.24) is 0 Å². The third-order valence-corrected chi connectivity index (χ3v) is 2.25. The van der Waals surface area contributed by atoms with Gasteiger partial charge in [-0.25, -0.2) is 0 Å². The van der Waals surface area contributed by atoms with Crippen LogP contribution in [-0.2, 0) is 0 Å². The van der Waals surface area contributed by atoms with Gasteiger partial charge in [-0.2, -0.15) is 0 Å². The van der Waals surface area contributed by atoms with E-state index in [9.17, 15) is 4.39 Å². The highest BCUT2D eigenvalue weighted by atomic mass is 35.5. The summed E-state index contributed by atoms with van der Waals surface area (Å²) in [5.74, 6) is 0.678. The molecule has 69 valence electrons. The highest BCUT2D eigenvalue weighted by Crippen LogP contribution is 2.26.